The average Bonchev–Trinajstić information content (AvgIpc) is 1.85. The molecule has 0 saturated heterocycles. The summed E-state index contributed by atoms with van der Waals surface area (Å²) in [6.07, 6.45) is -0.334. The van der Waals surface area contributed by atoms with E-state index >= 15 is 0 Å². The van der Waals surface area contributed by atoms with Crippen LogP contribution in [0.5, 0.6) is 0 Å². The molecule has 0 aliphatic carbocycles. The van der Waals surface area contributed by atoms with Crippen molar-refractivity contribution in [3.8, 4) is 0 Å². The van der Waals surface area contributed by atoms with Crippen LogP contribution in [0.15, 0.2) is 0 Å². The van der Waals surface area contributed by atoms with Gasteiger partial charge in [-0.15, -0.1) is 0 Å². The second-order valence-electron chi connectivity index (χ2n) is 3.23. The topological polar surface area (TPSA) is 101 Å². The quantitative estimate of drug-likeness (QED) is 0.553. The molecule has 0 saturated carbocycles. The predicted molar refractivity (Wildman–Crippen MR) is 41.6 cm³/mol. The highest BCUT2D eigenvalue weighted by Crippen LogP contribution is 2.21. The predicted octanol–water partition coefficient (Wildman–Crippen LogP) is -0.101. The van der Waals surface area contributed by atoms with Crippen LogP contribution in [-0.2, 0) is 9.59 Å². The summed E-state index contributed by atoms with van der Waals surface area (Å²) in [5.41, 5.74) is 4.20. The van der Waals surface area contributed by atoms with Gasteiger partial charge in [0, 0.05) is 6.04 Å². The minimum absolute atomic E-state index is 0.334. The third-order valence-corrected chi connectivity index (χ3v) is 1.87. The zero-order valence-electron chi connectivity index (χ0n) is 7.07. The molecule has 0 aliphatic heterocycles. The van der Waals surface area contributed by atoms with Gasteiger partial charge in [-0.1, -0.05) is 0 Å². The Bertz CT molecular complexity index is 200. The van der Waals surface area contributed by atoms with Crippen LogP contribution >= 0.6 is 0 Å². The molecular formula is C7H13NO4. The van der Waals surface area contributed by atoms with Gasteiger partial charge in [-0.05, 0) is 13.8 Å². The summed E-state index contributed by atoms with van der Waals surface area (Å²) in [6, 6.07) is -0.868. The number of aliphatic carboxylic acids is 2. The Morgan fingerprint density at radius 1 is 1.42 bits per heavy atom. The minimum atomic E-state index is -1.20. The lowest BCUT2D eigenvalue weighted by molar-refractivity contribution is -0.149. The second kappa shape index (κ2) is 3.53. The van der Waals surface area contributed by atoms with Crippen LogP contribution in [-0.4, -0.2) is 28.2 Å². The molecule has 0 aromatic carbocycles. The van der Waals surface area contributed by atoms with Crippen molar-refractivity contribution in [2.45, 2.75) is 26.3 Å². The van der Waals surface area contributed by atoms with Crippen LogP contribution in [0.25, 0.3) is 0 Å². The van der Waals surface area contributed by atoms with Crippen molar-refractivity contribution in [1.29, 1.82) is 0 Å². The minimum Gasteiger partial charge on any atom is -0.481 e. The fourth-order valence-corrected chi connectivity index (χ4v) is 0.602. The van der Waals surface area contributed by atoms with Crippen molar-refractivity contribution < 1.29 is 19.8 Å². The van der Waals surface area contributed by atoms with Crippen molar-refractivity contribution in [2.75, 3.05) is 0 Å². The highest BCUT2D eigenvalue weighted by Gasteiger charge is 2.35. The van der Waals surface area contributed by atoms with Crippen molar-refractivity contribution in [2.24, 2.45) is 11.1 Å². The van der Waals surface area contributed by atoms with Crippen LogP contribution in [0.2, 0.25) is 0 Å². The number of carboxylic acid groups (broad SMARTS) is 2. The summed E-state index contributed by atoms with van der Waals surface area (Å²) < 4.78 is 0. The van der Waals surface area contributed by atoms with Gasteiger partial charge in [-0.3, -0.25) is 9.59 Å². The highest BCUT2D eigenvalue weighted by molar-refractivity contribution is 5.76. The first-order valence-corrected chi connectivity index (χ1v) is 3.49. The Morgan fingerprint density at radius 3 is 2.08 bits per heavy atom. The fraction of sp³-hybridized carbons (Fsp3) is 0.714. The largest absolute Gasteiger partial charge is 0.481 e. The van der Waals surface area contributed by atoms with Gasteiger partial charge in [0.05, 0.1) is 11.8 Å². The molecular weight excluding hydrogens is 162 g/mol. The molecule has 0 rings (SSSR count). The number of carboxylic acids is 2. The number of nitrogens with two attached hydrogens (primary N) is 1. The normalized spacial score (nSPS) is 13.9. The molecule has 1 unspecified atom stereocenters. The molecule has 0 heterocycles. The van der Waals surface area contributed by atoms with E-state index in [2.05, 4.69) is 0 Å². The van der Waals surface area contributed by atoms with E-state index in [1.54, 1.807) is 0 Å². The van der Waals surface area contributed by atoms with Gasteiger partial charge >= 0.3 is 11.9 Å². The molecule has 12 heavy (non-hydrogen) atoms. The monoisotopic (exact) mass is 175 g/mol. The Hall–Kier alpha value is -1.10. The van der Waals surface area contributed by atoms with Crippen molar-refractivity contribution in [1.82, 2.24) is 0 Å². The average molecular weight is 175 g/mol. The first kappa shape index (κ1) is 10.9. The third-order valence-electron chi connectivity index (χ3n) is 1.87. The maximum atomic E-state index is 10.6. The molecule has 0 amide bonds. The zero-order valence-corrected chi connectivity index (χ0v) is 7.07. The van der Waals surface area contributed by atoms with Crippen molar-refractivity contribution >= 4 is 11.9 Å². The Kier molecular flexibility index (Phi) is 3.21. The van der Waals surface area contributed by atoms with Crippen LogP contribution < -0.4 is 5.73 Å². The summed E-state index contributed by atoms with van der Waals surface area (Å²) in [6.45, 7) is 2.81. The summed E-state index contributed by atoms with van der Waals surface area (Å²) in [5.74, 6) is -2.17. The molecule has 0 aromatic heterocycles. The van der Waals surface area contributed by atoms with Crippen molar-refractivity contribution in [3.63, 3.8) is 0 Å². The van der Waals surface area contributed by atoms with Crippen LogP contribution in [0.4, 0.5) is 0 Å². The molecule has 5 heteroatoms. The lowest BCUT2D eigenvalue weighted by atomic mass is 9.83. The van der Waals surface area contributed by atoms with Gasteiger partial charge in [0.1, 0.15) is 0 Å². The molecule has 0 aromatic rings. The molecule has 0 fully saturated rings. The van der Waals surface area contributed by atoms with Crippen LogP contribution in [0, 0.1) is 5.41 Å². The molecule has 0 spiro atoms. The van der Waals surface area contributed by atoms with E-state index in [9.17, 15) is 9.59 Å². The Labute approximate surface area is 70.2 Å². The van der Waals surface area contributed by atoms with Gasteiger partial charge in [-0.25, -0.2) is 0 Å². The van der Waals surface area contributed by atoms with E-state index in [1.807, 2.05) is 0 Å². The highest BCUT2D eigenvalue weighted by atomic mass is 16.4. The van der Waals surface area contributed by atoms with Gasteiger partial charge in [0.15, 0.2) is 0 Å². The number of hydrogen-bond acceptors (Lipinski definition) is 3. The SMILES string of the molecule is CC(C)(C(=O)O)C(N)CC(=O)O. The van der Waals surface area contributed by atoms with E-state index in [0.29, 0.717) is 0 Å². The Morgan fingerprint density at radius 2 is 1.83 bits per heavy atom. The van der Waals surface area contributed by atoms with Crippen LogP contribution in [0.3, 0.4) is 0 Å². The molecule has 0 aliphatic rings. The Balaban J connectivity index is 4.35. The molecule has 1 atom stereocenters. The number of rotatable bonds is 4. The lowest BCUT2D eigenvalue weighted by Gasteiger charge is -2.25. The van der Waals surface area contributed by atoms with E-state index in [-0.39, 0.29) is 6.42 Å². The summed E-state index contributed by atoms with van der Waals surface area (Å²) in [7, 11) is 0. The second-order valence-corrected chi connectivity index (χ2v) is 3.23. The first-order valence-electron chi connectivity index (χ1n) is 3.49. The summed E-state index contributed by atoms with van der Waals surface area (Å²) >= 11 is 0. The van der Waals surface area contributed by atoms with Gasteiger partial charge < -0.3 is 15.9 Å². The van der Waals surface area contributed by atoms with Gasteiger partial charge in [0.2, 0.25) is 0 Å². The molecule has 0 radical (unpaired) electrons. The van der Waals surface area contributed by atoms with E-state index < -0.39 is 23.4 Å². The third kappa shape index (κ3) is 2.50. The summed E-state index contributed by atoms with van der Waals surface area (Å²) in [4.78, 5) is 20.8. The molecule has 0 bridgehead atoms. The first-order chi connectivity index (χ1) is 5.28. The smallest absolute Gasteiger partial charge is 0.310 e. The van der Waals surface area contributed by atoms with E-state index in [0.717, 1.165) is 0 Å². The maximum absolute atomic E-state index is 10.6. The molecule has 70 valence electrons. The molecule has 5 nitrogen and oxygen atoms in total. The number of carbonyl (C=O) groups is 2. The van der Waals surface area contributed by atoms with Crippen molar-refractivity contribution in [3.05, 3.63) is 0 Å². The van der Waals surface area contributed by atoms with Crippen LogP contribution in [0.1, 0.15) is 20.3 Å². The maximum Gasteiger partial charge on any atom is 0.310 e. The van der Waals surface area contributed by atoms with E-state index in [4.69, 9.17) is 15.9 Å². The zero-order chi connectivity index (χ0) is 9.94. The van der Waals surface area contributed by atoms with Gasteiger partial charge in [0.25, 0.3) is 0 Å². The molecule has 4 N–H and O–H groups in total. The summed E-state index contributed by atoms with van der Waals surface area (Å²) in [5, 5.41) is 17.0. The standard InChI is InChI=1S/C7H13NO4/c1-7(2,6(11)12)4(8)3-5(9)10/h4H,3,8H2,1-2H3,(H,9,10)(H,11,12). The fourth-order valence-electron chi connectivity index (χ4n) is 0.602. The lowest BCUT2D eigenvalue weighted by Crippen LogP contribution is -2.44. The number of hydrogen-bond donors (Lipinski definition) is 3. The van der Waals surface area contributed by atoms with Gasteiger partial charge in [-0.2, -0.15) is 0 Å². The van der Waals surface area contributed by atoms with E-state index in [1.165, 1.54) is 13.8 Å².